The van der Waals surface area contributed by atoms with Crippen molar-refractivity contribution in [3.8, 4) is 23.5 Å². The van der Waals surface area contributed by atoms with Crippen molar-refractivity contribution in [3.63, 3.8) is 0 Å². The minimum absolute atomic E-state index is 0.645. The van der Waals surface area contributed by atoms with Gasteiger partial charge in [-0.05, 0) is 23.8 Å². The van der Waals surface area contributed by atoms with Gasteiger partial charge in [0.05, 0.1) is 5.69 Å². The number of rotatable bonds is 1. The van der Waals surface area contributed by atoms with E-state index in [9.17, 15) is 0 Å². The van der Waals surface area contributed by atoms with E-state index in [0.717, 1.165) is 30.7 Å². The molecule has 0 bridgehead atoms. The van der Waals surface area contributed by atoms with Crippen LogP contribution in [0.2, 0.25) is 0 Å². The molecule has 0 aliphatic carbocycles. The molecule has 0 saturated carbocycles. The van der Waals surface area contributed by atoms with E-state index in [1.807, 2.05) is 36.5 Å². The molecule has 19 heavy (non-hydrogen) atoms. The van der Waals surface area contributed by atoms with E-state index in [2.05, 4.69) is 26.8 Å². The number of nitrogen functional groups attached to an aromatic ring is 1. The molecule has 0 unspecified atom stereocenters. The second kappa shape index (κ2) is 4.69. The van der Waals surface area contributed by atoms with Crippen LogP contribution in [0.4, 0.5) is 5.69 Å². The van der Waals surface area contributed by atoms with Crippen LogP contribution in [0, 0.1) is 12.3 Å². The first-order valence-corrected chi connectivity index (χ1v) is 7.20. The number of halogens is 1. The van der Waals surface area contributed by atoms with E-state index >= 15 is 0 Å². The number of thiophene rings is 1. The third-order valence-electron chi connectivity index (χ3n) is 2.87. The molecular formula is C15H9BrN2S. The minimum Gasteiger partial charge on any atom is -0.396 e. The smallest absolute Gasteiger partial charge is 0.126 e. The molecule has 0 saturated heterocycles. The Morgan fingerprint density at radius 2 is 2.11 bits per heavy atom. The van der Waals surface area contributed by atoms with Gasteiger partial charge < -0.3 is 5.73 Å². The molecule has 0 radical (unpaired) electrons. The summed E-state index contributed by atoms with van der Waals surface area (Å²) in [4.78, 5) is 6.07. The van der Waals surface area contributed by atoms with Crippen LogP contribution in [0.5, 0.6) is 0 Å². The molecule has 92 valence electrons. The predicted molar refractivity (Wildman–Crippen MR) is 85.1 cm³/mol. The van der Waals surface area contributed by atoms with Crippen LogP contribution in [0.3, 0.4) is 0 Å². The molecule has 0 atom stereocenters. The maximum atomic E-state index is 6.05. The van der Waals surface area contributed by atoms with E-state index in [1.165, 1.54) is 11.3 Å². The lowest BCUT2D eigenvalue weighted by Gasteiger charge is -2.02. The Kier molecular flexibility index (Phi) is 3.02. The van der Waals surface area contributed by atoms with Gasteiger partial charge in [0.15, 0.2) is 0 Å². The number of nitrogens with zero attached hydrogens (tertiary/aromatic N) is 1. The van der Waals surface area contributed by atoms with Gasteiger partial charge in [0.25, 0.3) is 0 Å². The maximum absolute atomic E-state index is 6.05. The Hall–Kier alpha value is -1.83. The van der Waals surface area contributed by atoms with E-state index in [0.29, 0.717) is 5.69 Å². The molecule has 4 heteroatoms. The largest absolute Gasteiger partial charge is 0.396 e. The summed E-state index contributed by atoms with van der Waals surface area (Å²) < 4.78 is 1.03. The van der Waals surface area contributed by atoms with Crippen molar-refractivity contribution in [2.45, 2.75) is 0 Å². The van der Waals surface area contributed by atoms with E-state index in [4.69, 9.17) is 12.2 Å². The lowest BCUT2D eigenvalue weighted by molar-refractivity contribution is 1.44. The van der Waals surface area contributed by atoms with Crippen molar-refractivity contribution in [3.05, 3.63) is 45.9 Å². The highest BCUT2D eigenvalue weighted by molar-refractivity contribution is 9.10. The van der Waals surface area contributed by atoms with E-state index < -0.39 is 0 Å². The molecule has 3 rings (SSSR count). The third-order valence-corrected chi connectivity index (χ3v) is 4.43. The summed E-state index contributed by atoms with van der Waals surface area (Å²) in [6.07, 6.45) is 7.28. The van der Waals surface area contributed by atoms with E-state index in [1.54, 1.807) is 0 Å². The molecular weight excluding hydrogens is 320 g/mol. The highest BCUT2D eigenvalue weighted by Gasteiger charge is 2.10. The van der Waals surface area contributed by atoms with Crippen LogP contribution in [0.15, 0.2) is 41.0 Å². The molecule has 2 aromatic heterocycles. The third kappa shape index (κ3) is 2.12. The van der Waals surface area contributed by atoms with Gasteiger partial charge in [0, 0.05) is 21.6 Å². The highest BCUT2D eigenvalue weighted by Crippen LogP contribution is 2.34. The summed E-state index contributed by atoms with van der Waals surface area (Å²) >= 11 is 4.92. The summed E-state index contributed by atoms with van der Waals surface area (Å²) in [5.41, 5.74) is 8.81. The monoisotopic (exact) mass is 328 g/mol. The second-order valence-corrected chi connectivity index (χ2v) is 5.99. The van der Waals surface area contributed by atoms with Gasteiger partial charge in [0.2, 0.25) is 0 Å². The van der Waals surface area contributed by atoms with Gasteiger partial charge in [0.1, 0.15) is 9.71 Å². The molecule has 3 aromatic rings. The van der Waals surface area contributed by atoms with Crippen LogP contribution in [-0.4, -0.2) is 4.98 Å². The predicted octanol–water partition coefficient (Wildman–Crippen LogP) is 4.29. The van der Waals surface area contributed by atoms with Crippen LogP contribution in [-0.2, 0) is 0 Å². The number of nitrogens with two attached hydrogens (primary N) is 1. The Labute approximate surface area is 123 Å². The van der Waals surface area contributed by atoms with Crippen molar-refractivity contribution in [1.82, 2.24) is 4.98 Å². The normalized spacial score (nSPS) is 10.5. The van der Waals surface area contributed by atoms with Crippen molar-refractivity contribution >= 4 is 43.2 Å². The Morgan fingerprint density at radius 1 is 1.26 bits per heavy atom. The Morgan fingerprint density at radius 3 is 2.84 bits per heavy atom. The lowest BCUT2D eigenvalue weighted by Crippen LogP contribution is -1.86. The average Bonchev–Trinajstić information content (AvgIpc) is 2.75. The fourth-order valence-corrected chi connectivity index (χ4v) is 3.19. The van der Waals surface area contributed by atoms with Crippen molar-refractivity contribution < 1.29 is 0 Å². The van der Waals surface area contributed by atoms with Crippen molar-refractivity contribution in [2.24, 2.45) is 0 Å². The van der Waals surface area contributed by atoms with Gasteiger partial charge in [-0.15, -0.1) is 17.8 Å². The number of anilines is 1. The fraction of sp³-hybridized carbons (Fsp3) is 0. The molecule has 1 aromatic carbocycles. The number of aromatic nitrogens is 1. The van der Waals surface area contributed by atoms with Crippen molar-refractivity contribution in [2.75, 3.05) is 5.73 Å². The summed E-state index contributed by atoms with van der Waals surface area (Å²) in [7, 11) is 0. The van der Waals surface area contributed by atoms with Gasteiger partial charge >= 0.3 is 0 Å². The van der Waals surface area contributed by atoms with Crippen LogP contribution in [0.1, 0.15) is 4.88 Å². The minimum atomic E-state index is 0.645. The summed E-state index contributed by atoms with van der Waals surface area (Å²) in [5.74, 6) is 2.60. The van der Waals surface area contributed by atoms with Crippen LogP contribution in [0.25, 0.3) is 21.3 Å². The average molecular weight is 329 g/mol. The molecule has 2 nitrogen and oxygen atoms in total. The first-order valence-electron chi connectivity index (χ1n) is 5.59. The summed E-state index contributed by atoms with van der Waals surface area (Å²) in [5, 5.41) is 0.926. The number of benzene rings is 1. The molecule has 2 heterocycles. The molecule has 0 aliphatic heterocycles. The second-order valence-electron chi connectivity index (χ2n) is 4.08. The molecule has 0 fully saturated rings. The highest BCUT2D eigenvalue weighted by atomic mass is 79.9. The standard InChI is InChI=1S/C15H9BrN2S/c1-2-13-14(17)12-7-10(8-18-15(12)19-13)9-4-3-5-11(16)6-9/h1,3-8H,17H2. The molecule has 0 spiro atoms. The van der Waals surface area contributed by atoms with Gasteiger partial charge in [-0.2, -0.15) is 0 Å². The SMILES string of the molecule is C#Cc1sc2ncc(-c3cccc(Br)c3)cc2c1N. The quantitative estimate of drug-likeness (QED) is 0.677. The molecule has 2 N–H and O–H groups in total. The maximum Gasteiger partial charge on any atom is 0.126 e. The molecule has 0 amide bonds. The lowest BCUT2D eigenvalue weighted by atomic mass is 10.1. The first-order chi connectivity index (χ1) is 9.19. The topological polar surface area (TPSA) is 38.9 Å². The summed E-state index contributed by atoms with van der Waals surface area (Å²) in [6.45, 7) is 0. The van der Waals surface area contributed by atoms with Crippen LogP contribution >= 0.6 is 27.3 Å². The van der Waals surface area contributed by atoms with Crippen LogP contribution < -0.4 is 5.73 Å². The number of hydrogen-bond donors (Lipinski definition) is 1. The zero-order valence-corrected chi connectivity index (χ0v) is 12.3. The summed E-state index contributed by atoms with van der Waals surface area (Å²) in [6, 6.07) is 10.1. The zero-order valence-electron chi connectivity index (χ0n) is 9.85. The van der Waals surface area contributed by atoms with Crippen molar-refractivity contribution in [1.29, 1.82) is 0 Å². The Balaban J connectivity index is 2.22. The van der Waals surface area contributed by atoms with Gasteiger partial charge in [-0.25, -0.2) is 4.98 Å². The zero-order chi connectivity index (χ0) is 13.4. The number of fused-ring (bicyclic) bond motifs is 1. The molecule has 0 aliphatic rings. The van der Waals surface area contributed by atoms with E-state index in [-0.39, 0.29) is 0 Å². The fourth-order valence-electron chi connectivity index (χ4n) is 1.93. The van der Waals surface area contributed by atoms with Gasteiger partial charge in [-0.1, -0.05) is 34.0 Å². The number of pyridine rings is 1. The number of hydrogen-bond acceptors (Lipinski definition) is 3. The number of terminal acetylenes is 1. The van der Waals surface area contributed by atoms with Gasteiger partial charge in [-0.3, -0.25) is 0 Å². The first kappa shape index (κ1) is 12.2. The Bertz CT molecular complexity index is 815.